The van der Waals surface area contributed by atoms with Crippen molar-refractivity contribution >= 4 is 5.91 Å². The van der Waals surface area contributed by atoms with Crippen LogP contribution in [0.25, 0.3) is 0 Å². The minimum atomic E-state index is -1.07. The van der Waals surface area contributed by atoms with Gasteiger partial charge in [-0.2, -0.15) is 0 Å². The maximum atomic E-state index is 12.9. The zero-order chi connectivity index (χ0) is 15.6. The zero-order valence-corrected chi connectivity index (χ0v) is 12.7. The van der Waals surface area contributed by atoms with Crippen molar-refractivity contribution in [2.75, 3.05) is 13.6 Å². The highest BCUT2D eigenvalue weighted by Gasteiger charge is 2.36. The molecule has 116 valence electrons. The fourth-order valence-electron chi connectivity index (χ4n) is 2.29. The molecule has 0 spiro atoms. The van der Waals surface area contributed by atoms with Crippen molar-refractivity contribution in [1.29, 1.82) is 0 Å². The second-order valence-electron chi connectivity index (χ2n) is 6.16. The number of benzene rings is 1. The number of rotatable bonds is 6. The lowest BCUT2D eigenvalue weighted by Crippen LogP contribution is -2.49. The largest absolute Gasteiger partial charge is 0.478 e. The number of hydrogen-bond donors (Lipinski definition) is 1. The van der Waals surface area contributed by atoms with E-state index in [4.69, 9.17) is 4.74 Å². The molecule has 1 aromatic carbocycles. The molecule has 5 heteroatoms. The molecule has 0 radical (unpaired) electrons. The fraction of sp³-hybridized carbons (Fsp3) is 0.562. The van der Waals surface area contributed by atoms with E-state index in [2.05, 4.69) is 0 Å². The van der Waals surface area contributed by atoms with E-state index >= 15 is 0 Å². The normalized spacial score (nSPS) is 16.4. The van der Waals surface area contributed by atoms with Crippen molar-refractivity contribution in [1.82, 2.24) is 4.90 Å². The number of carbonyl (C=O) groups excluding carboxylic acids is 1. The number of likely N-dealkylation sites (N-methyl/N-ethyl adjacent to an activating group) is 1. The first-order valence-electron chi connectivity index (χ1n) is 7.18. The number of carbonyl (C=O) groups is 1. The van der Waals surface area contributed by atoms with Gasteiger partial charge in [0.15, 0.2) is 5.60 Å². The van der Waals surface area contributed by atoms with Crippen LogP contribution in [0.2, 0.25) is 0 Å². The second-order valence-corrected chi connectivity index (χ2v) is 6.16. The van der Waals surface area contributed by atoms with E-state index in [1.54, 1.807) is 20.9 Å². The fourth-order valence-corrected chi connectivity index (χ4v) is 2.29. The third kappa shape index (κ3) is 4.17. The molecule has 1 fully saturated rings. The van der Waals surface area contributed by atoms with Gasteiger partial charge in [0, 0.05) is 13.6 Å². The summed E-state index contributed by atoms with van der Waals surface area (Å²) in [6.45, 7) is 3.64. The van der Waals surface area contributed by atoms with Crippen molar-refractivity contribution in [3.8, 4) is 5.75 Å². The van der Waals surface area contributed by atoms with Gasteiger partial charge in [-0.25, -0.2) is 4.39 Å². The second kappa shape index (κ2) is 6.02. The predicted molar refractivity (Wildman–Crippen MR) is 77.5 cm³/mol. The van der Waals surface area contributed by atoms with Gasteiger partial charge in [-0.1, -0.05) is 0 Å². The van der Waals surface area contributed by atoms with Gasteiger partial charge in [-0.05, 0) is 56.9 Å². The van der Waals surface area contributed by atoms with Crippen LogP contribution < -0.4 is 4.74 Å². The van der Waals surface area contributed by atoms with Crippen LogP contribution in [-0.2, 0) is 4.79 Å². The monoisotopic (exact) mass is 295 g/mol. The van der Waals surface area contributed by atoms with Crippen molar-refractivity contribution in [2.24, 2.45) is 5.92 Å². The quantitative estimate of drug-likeness (QED) is 0.875. The molecule has 1 unspecified atom stereocenters. The van der Waals surface area contributed by atoms with Crippen LogP contribution in [0.3, 0.4) is 0 Å². The summed E-state index contributed by atoms with van der Waals surface area (Å²) in [4.78, 5) is 13.9. The summed E-state index contributed by atoms with van der Waals surface area (Å²) >= 11 is 0. The Labute approximate surface area is 124 Å². The predicted octanol–water partition coefficient (Wildman–Crippen LogP) is 2.21. The van der Waals surface area contributed by atoms with Gasteiger partial charge in [0.25, 0.3) is 5.91 Å². The minimum Gasteiger partial charge on any atom is -0.478 e. The number of aliphatic hydroxyl groups excluding tert-OH is 1. The molecule has 1 aromatic rings. The first kappa shape index (κ1) is 15.8. The molecule has 0 heterocycles. The van der Waals surface area contributed by atoms with Crippen LogP contribution in [0, 0.1) is 11.7 Å². The number of amides is 1. The lowest BCUT2D eigenvalue weighted by molar-refractivity contribution is -0.145. The molecule has 0 bridgehead atoms. The lowest BCUT2D eigenvalue weighted by Gasteiger charge is -2.31. The smallest absolute Gasteiger partial charge is 0.266 e. The van der Waals surface area contributed by atoms with Gasteiger partial charge in [0.2, 0.25) is 0 Å². The minimum absolute atomic E-state index is 0.216. The SMILES string of the molecule is CN(CC(O)C1CC1)C(=O)C(C)(C)Oc1ccc(F)cc1. The number of ether oxygens (including phenoxy) is 1. The van der Waals surface area contributed by atoms with Crippen molar-refractivity contribution in [3.63, 3.8) is 0 Å². The van der Waals surface area contributed by atoms with E-state index < -0.39 is 11.7 Å². The average Bonchev–Trinajstić information content (AvgIpc) is 3.24. The van der Waals surface area contributed by atoms with Crippen molar-refractivity contribution < 1.29 is 19.0 Å². The first-order chi connectivity index (χ1) is 9.79. The maximum Gasteiger partial charge on any atom is 0.266 e. The Balaban J connectivity index is 1.96. The molecule has 1 N–H and O–H groups in total. The third-order valence-corrected chi connectivity index (χ3v) is 3.68. The van der Waals surface area contributed by atoms with Gasteiger partial charge in [0.05, 0.1) is 6.10 Å². The van der Waals surface area contributed by atoms with E-state index in [-0.39, 0.29) is 11.7 Å². The van der Waals surface area contributed by atoms with Gasteiger partial charge in [-0.3, -0.25) is 4.79 Å². The van der Waals surface area contributed by atoms with Crippen LogP contribution >= 0.6 is 0 Å². The van der Waals surface area contributed by atoms with Crippen LogP contribution in [0.1, 0.15) is 26.7 Å². The number of nitrogens with zero attached hydrogens (tertiary/aromatic N) is 1. The molecule has 2 rings (SSSR count). The molecular weight excluding hydrogens is 273 g/mol. The van der Waals surface area contributed by atoms with Crippen LogP contribution in [0.4, 0.5) is 4.39 Å². The zero-order valence-electron chi connectivity index (χ0n) is 12.7. The van der Waals surface area contributed by atoms with E-state index in [1.165, 1.54) is 29.2 Å². The highest BCUT2D eigenvalue weighted by atomic mass is 19.1. The molecule has 0 aromatic heterocycles. The Hall–Kier alpha value is -1.62. The molecule has 21 heavy (non-hydrogen) atoms. The Morgan fingerprint density at radius 1 is 1.43 bits per heavy atom. The van der Waals surface area contributed by atoms with Crippen LogP contribution in [0.5, 0.6) is 5.75 Å². The van der Waals surface area contributed by atoms with Crippen LogP contribution in [-0.4, -0.2) is 41.2 Å². The summed E-state index contributed by atoms with van der Waals surface area (Å²) in [6, 6.07) is 5.56. The molecule has 1 aliphatic carbocycles. The maximum absolute atomic E-state index is 12.9. The van der Waals surface area contributed by atoms with Crippen molar-refractivity contribution in [2.45, 2.75) is 38.4 Å². The summed E-state index contributed by atoms with van der Waals surface area (Å²) in [5.41, 5.74) is -1.07. The molecule has 1 aliphatic rings. The Morgan fingerprint density at radius 3 is 2.52 bits per heavy atom. The molecule has 1 atom stereocenters. The summed E-state index contributed by atoms with van der Waals surface area (Å²) < 4.78 is 18.5. The topological polar surface area (TPSA) is 49.8 Å². The Morgan fingerprint density at radius 2 is 2.00 bits per heavy atom. The Bertz CT molecular complexity index is 497. The molecule has 4 nitrogen and oxygen atoms in total. The third-order valence-electron chi connectivity index (χ3n) is 3.68. The van der Waals surface area contributed by atoms with Gasteiger partial charge < -0.3 is 14.7 Å². The van der Waals surface area contributed by atoms with Crippen molar-refractivity contribution in [3.05, 3.63) is 30.1 Å². The summed E-state index contributed by atoms with van der Waals surface area (Å²) in [6.07, 6.45) is 1.58. The van der Waals surface area contributed by atoms with E-state index in [9.17, 15) is 14.3 Å². The summed E-state index contributed by atoms with van der Waals surface area (Å²) in [5, 5.41) is 9.92. The summed E-state index contributed by atoms with van der Waals surface area (Å²) in [5.74, 6) is 0.190. The number of aliphatic hydroxyl groups is 1. The highest BCUT2D eigenvalue weighted by molar-refractivity contribution is 5.84. The highest BCUT2D eigenvalue weighted by Crippen LogP contribution is 2.33. The van der Waals surface area contributed by atoms with Crippen LogP contribution in [0.15, 0.2) is 24.3 Å². The number of halogens is 1. The van der Waals surface area contributed by atoms with Gasteiger partial charge >= 0.3 is 0 Å². The van der Waals surface area contributed by atoms with E-state index in [1.807, 2.05) is 0 Å². The van der Waals surface area contributed by atoms with Gasteiger partial charge in [0.1, 0.15) is 11.6 Å². The average molecular weight is 295 g/mol. The van der Waals surface area contributed by atoms with Gasteiger partial charge in [-0.15, -0.1) is 0 Å². The summed E-state index contributed by atoms with van der Waals surface area (Å²) in [7, 11) is 1.66. The molecule has 1 saturated carbocycles. The van der Waals surface area contributed by atoms with E-state index in [0.29, 0.717) is 18.2 Å². The molecule has 1 amide bonds. The van der Waals surface area contributed by atoms with E-state index in [0.717, 1.165) is 12.8 Å². The lowest BCUT2D eigenvalue weighted by atomic mass is 10.1. The first-order valence-corrected chi connectivity index (χ1v) is 7.18. The molecular formula is C16H22FNO3. The standard InChI is InChI=1S/C16H22FNO3/c1-16(2,21-13-8-6-12(17)7-9-13)15(20)18(3)10-14(19)11-4-5-11/h6-9,11,14,19H,4-5,10H2,1-3H3. The molecule has 0 aliphatic heterocycles. The Kier molecular flexibility index (Phi) is 4.52. The molecule has 0 saturated heterocycles. The number of hydrogen-bond acceptors (Lipinski definition) is 3.